The van der Waals surface area contributed by atoms with E-state index in [1.54, 1.807) is 36.7 Å². The highest BCUT2D eigenvalue weighted by Gasteiger charge is 2.70. The summed E-state index contributed by atoms with van der Waals surface area (Å²) in [6.45, 7) is 0. The largest absolute Gasteiger partial charge is 0.352 e. The zero-order chi connectivity index (χ0) is 26.7. The summed E-state index contributed by atoms with van der Waals surface area (Å²) in [4.78, 5) is 49.5. The molecule has 1 N–H and O–H groups in total. The minimum atomic E-state index is -1.32. The maximum Gasteiger partial charge on any atom is 0.238 e. The van der Waals surface area contributed by atoms with Crippen LogP contribution in [-0.2, 0) is 10.2 Å². The number of ketones is 2. The first-order valence-corrected chi connectivity index (χ1v) is 13.5. The van der Waals surface area contributed by atoms with Crippen LogP contribution in [0.1, 0.15) is 31.8 Å². The predicted molar refractivity (Wildman–Crippen MR) is 153 cm³/mol. The van der Waals surface area contributed by atoms with Gasteiger partial charge in [-0.15, -0.1) is 0 Å². The number of carbonyl (C=O) groups excluding carboxylic acids is 3. The number of nitrogens with zero attached hydrogens (tertiary/aromatic N) is 2. The lowest BCUT2D eigenvalue weighted by atomic mass is 9.64. The molecule has 1 amide bonds. The molecular weight excluding hydrogens is 554 g/mol. The molecule has 1 fully saturated rings. The van der Waals surface area contributed by atoms with Gasteiger partial charge >= 0.3 is 0 Å². The van der Waals surface area contributed by atoms with Crippen LogP contribution in [0.3, 0.4) is 0 Å². The quantitative estimate of drug-likeness (QED) is 0.316. The summed E-state index contributed by atoms with van der Waals surface area (Å²) in [5.74, 6) is -1.75. The van der Waals surface area contributed by atoms with Crippen LogP contribution in [0, 0.1) is 5.92 Å². The fraction of sp³-hybridized carbons (Fsp3) is 0.125. The third-order valence-electron chi connectivity index (χ3n) is 8.19. The summed E-state index contributed by atoms with van der Waals surface area (Å²) in [6.07, 6.45) is 7.09. The Morgan fingerprint density at radius 3 is 2.33 bits per heavy atom. The van der Waals surface area contributed by atoms with Crippen LogP contribution in [0.25, 0.3) is 6.08 Å². The number of rotatable bonds is 4. The highest BCUT2D eigenvalue weighted by atomic mass is 79.9. The van der Waals surface area contributed by atoms with Gasteiger partial charge in [0, 0.05) is 39.4 Å². The number of hydrogen-bond acceptors (Lipinski definition) is 5. The van der Waals surface area contributed by atoms with E-state index in [4.69, 9.17) is 0 Å². The Kier molecular flexibility index (Phi) is 5.39. The molecule has 4 aromatic rings. The van der Waals surface area contributed by atoms with E-state index in [0.717, 1.165) is 21.3 Å². The maximum atomic E-state index is 14.6. The Morgan fingerprint density at radius 1 is 0.846 bits per heavy atom. The lowest BCUT2D eigenvalue weighted by molar-refractivity contribution is -0.121. The molecule has 1 aromatic heterocycles. The minimum Gasteiger partial charge on any atom is -0.352 e. The van der Waals surface area contributed by atoms with Crippen molar-refractivity contribution in [3.05, 3.63) is 130 Å². The van der Waals surface area contributed by atoms with Gasteiger partial charge in [-0.1, -0.05) is 76.6 Å². The Balaban J connectivity index is 1.54. The number of fused-ring (bicyclic) bond motifs is 6. The molecule has 0 radical (unpaired) electrons. The van der Waals surface area contributed by atoms with Gasteiger partial charge < -0.3 is 10.2 Å². The van der Waals surface area contributed by atoms with Gasteiger partial charge in [0.2, 0.25) is 5.91 Å². The zero-order valence-corrected chi connectivity index (χ0v) is 22.2. The molecule has 39 heavy (non-hydrogen) atoms. The van der Waals surface area contributed by atoms with Crippen LogP contribution in [0.4, 0.5) is 11.4 Å². The first kappa shape index (κ1) is 23.7. The number of amides is 1. The fourth-order valence-corrected chi connectivity index (χ4v) is 6.86. The number of pyridine rings is 1. The Labute approximate surface area is 233 Å². The Hall–Kier alpha value is -4.36. The summed E-state index contributed by atoms with van der Waals surface area (Å²) in [5, 5.41) is 3.05. The van der Waals surface area contributed by atoms with Gasteiger partial charge in [-0.25, -0.2) is 0 Å². The lowest BCUT2D eigenvalue weighted by Crippen LogP contribution is -2.51. The smallest absolute Gasteiger partial charge is 0.238 e. The van der Waals surface area contributed by atoms with Crippen LogP contribution < -0.4 is 10.2 Å². The van der Waals surface area contributed by atoms with Crippen molar-refractivity contribution in [2.24, 2.45) is 5.92 Å². The van der Waals surface area contributed by atoms with Crippen LogP contribution >= 0.6 is 15.9 Å². The van der Waals surface area contributed by atoms with Crippen LogP contribution in [0.15, 0.2) is 108 Å². The van der Waals surface area contributed by atoms with Gasteiger partial charge in [0.15, 0.2) is 11.6 Å². The molecule has 0 aliphatic carbocycles. The molecule has 4 heterocycles. The highest BCUT2D eigenvalue weighted by Crippen LogP contribution is 2.58. The van der Waals surface area contributed by atoms with E-state index in [9.17, 15) is 14.4 Å². The number of nitrogens with one attached hydrogen (secondary N) is 1. The van der Waals surface area contributed by atoms with Crippen molar-refractivity contribution in [3.8, 4) is 0 Å². The Morgan fingerprint density at radius 2 is 1.54 bits per heavy atom. The number of benzene rings is 3. The second-order valence-corrected chi connectivity index (χ2v) is 10.9. The average Bonchev–Trinajstić information content (AvgIpc) is 3.45. The Bertz CT molecular complexity index is 1680. The summed E-state index contributed by atoms with van der Waals surface area (Å²) < 4.78 is 0.847. The third-order valence-corrected chi connectivity index (χ3v) is 8.72. The van der Waals surface area contributed by atoms with Gasteiger partial charge in [-0.05, 0) is 47.5 Å². The summed E-state index contributed by atoms with van der Waals surface area (Å²) in [7, 11) is 0. The van der Waals surface area contributed by atoms with E-state index in [0.29, 0.717) is 16.8 Å². The van der Waals surface area contributed by atoms with Gasteiger partial charge in [0.1, 0.15) is 11.5 Å². The number of aromatic nitrogens is 1. The predicted octanol–water partition coefficient (Wildman–Crippen LogP) is 5.70. The zero-order valence-electron chi connectivity index (χ0n) is 20.6. The first-order chi connectivity index (χ1) is 19.0. The molecule has 0 saturated carbocycles. The van der Waals surface area contributed by atoms with E-state index >= 15 is 0 Å². The standard InChI is InChI=1S/C32H22BrN3O3/c33-22-12-9-20(10-13-22)30(38)28-27(29(37)21-15-17-34-18-16-21)32(23-6-2-3-7-24(23)35-31(32)39)26-14-11-19-5-1-4-8-25(19)36(26)28/h1-18,26-28H,(H,35,39)/t26-,27-,28+,32-/m1/s1. The number of anilines is 2. The van der Waals surface area contributed by atoms with E-state index in [2.05, 4.69) is 26.2 Å². The second-order valence-electron chi connectivity index (χ2n) is 10.0. The molecule has 4 atom stereocenters. The molecule has 0 bridgehead atoms. The first-order valence-electron chi connectivity index (χ1n) is 12.7. The normalized spacial score (nSPS) is 24.2. The van der Waals surface area contributed by atoms with Crippen LogP contribution in [0.5, 0.6) is 0 Å². The summed E-state index contributed by atoms with van der Waals surface area (Å²) in [5.41, 5.74) is 2.72. The molecule has 7 rings (SSSR count). The van der Waals surface area contributed by atoms with Gasteiger partial charge in [-0.2, -0.15) is 0 Å². The molecular formula is C32H22BrN3O3. The number of Topliss-reactive ketones (excluding diaryl/α,β-unsaturated/α-hetero) is 2. The molecule has 190 valence electrons. The van der Waals surface area contributed by atoms with Crippen molar-refractivity contribution in [2.45, 2.75) is 17.5 Å². The number of carbonyl (C=O) groups is 3. The van der Waals surface area contributed by atoms with Crippen molar-refractivity contribution in [3.63, 3.8) is 0 Å². The SMILES string of the molecule is O=C(c1ccc(Br)cc1)[C@@H]1[C@H](C(=O)c2ccncc2)[C@]2(C(=O)Nc3ccccc32)[C@H]2C=Cc3ccccc3N12. The molecule has 7 heteroatoms. The van der Waals surface area contributed by atoms with Gasteiger partial charge in [-0.3, -0.25) is 19.4 Å². The van der Waals surface area contributed by atoms with Crippen molar-refractivity contribution in [1.82, 2.24) is 4.98 Å². The highest BCUT2D eigenvalue weighted by molar-refractivity contribution is 9.10. The number of halogens is 1. The van der Waals surface area contributed by atoms with E-state index in [-0.39, 0.29) is 17.5 Å². The molecule has 1 saturated heterocycles. The fourth-order valence-electron chi connectivity index (χ4n) is 6.60. The molecule has 3 aliphatic heterocycles. The van der Waals surface area contributed by atoms with E-state index < -0.39 is 23.4 Å². The van der Waals surface area contributed by atoms with Crippen molar-refractivity contribution in [1.29, 1.82) is 0 Å². The summed E-state index contributed by atoms with van der Waals surface area (Å²) >= 11 is 3.45. The lowest BCUT2D eigenvalue weighted by Gasteiger charge is -2.37. The van der Waals surface area contributed by atoms with Crippen molar-refractivity contribution in [2.75, 3.05) is 10.2 Å². The molecule has 3 aromatic carbocycles. The van der Waals surface area contributed by atoms with E-state index in [1.165, 1.54) is 0 Å². The monoisotopic (exact) mass is 575 g/mol. The average molecular weight is 576 g/mol. The number of para-hydroxylation sites is 2. The molecule has 3 aliphatic rings. The van der Waals surface area contributed by atoms with Crippen molar-refractivity contribution >= 4 is 50.9 Å². The minimum absolute atomic E-state index is 0.209. The van der Waals surface area contributed by atoms with Crippen LogP contribution in [-0.4, -0.2) is 34.5 Å². The van der Waals surface area contributed by atoms with E-state index in [1.807, 2.05) is 77.7 Å². The molecule has 0 unspecified atom stereocenters. The number of hydrogen-bond donors (Lipinski definition) is 1. The van der Waals surface area contributed by atoms with Gasteiger partial charge in [0.25, 0.3) is 0 Å². The molecule has 1 spiro atoms. The molecule has 6 nitrogen and oxygen atoms in total. The summed E-state index contributed by atoms with van der Waals surface area (Å²) in [6, 6.07) is 24.3. The van der Waals surface area contributed by atoms with Gasteiger partial charge in [0.05, 0.1) is 12.0 Å². The second kappa shape index (κ2) is 8.85. The third kappa shape index (κ3) is 3.32. The maximum absolute atomic E-state index is 14.6. The van der Waals surface area contributed by atoms with Crippen molar-refractivity contribution < 1.29 is 14.4 Å². The topological polar surface area (TPSA) is 79.4 Å². The van der Waals surface area contributed by atoms with Crippen LogP contribution in [0.2, 0.25) is 0 Å².